The molecule has 0 bridgehead atoms. The molecular formula is C19H27N5O4. The van der Waals surface area contributed by atoms with Crippen LogP contribution in [0.25, 0.3) is 0 Å². The molecule has 3 amide bonds. The van der Waals surface area contributed by atoms with Crippen LogP contribution in [0.5, 0.6) is 0 Å². The maximum atomic E-state index is 12.4. The molecule has 1 heterocycles. The summed E-state index contributed by atoms with van der Waals surface area (Å²) in [5.41, 5.74) is 6.11. The second-order valence-corrected chi connectivity index (χ2v) is 6.56. The summed E-state index contributed by atoms with van der Waals surface area (Å²) in [6, 6.07) is 6.97. The van der Waals surface area contributed by atoms with Crippen LogP contribution in [0.2, 0.25) is 0 Å². The number of unbranched alkanes of at least 4 members (excludes halogenated alkanes) is 2. The van der Waals surface area contributed by atoms with Crippen molar-refractivity contribution in [3.63, 3.8) is 0 Å². The molecule has 0 aliphatic carbocycles. The molecule has 0 aromatic heterocycles. The Kier molecular flexibility index (Phi) is 8.29. The summed E-state index contributed by atoms with van der Waals surface area (Å²) in [6.07, 6.45) is 7.22. The Morgan fingerprint density at radius 3 is 2.64 bits per heavy atom. The first-order valence-electron chi connectivity index (χ1n) is 9.33. The minimum Gasteiger partial charge on any atom is -0.372 e. The number of hydrazine groups is 1. The number of hydrogen-bond donors (Lipinski definition) is 4. The molecule has 0 radical (unpaired) electrons. The molecule has 9 heteroatoms. The SMILES string of the molecule is CCCCC[C@H](CN(O)C=O)C(=O)NNC(=O)c1ccc(N2C=CNC2)cc1. The summed E-state index contributed by atoms with van der Waals surface area (Å²) in [5, 5.41) is 12.9. The fraction of sp³-hybridized carbons (Fsp3) is 0.421. The van der Waals surface area contributed by atoms with Crippen molar-refractivity contribution in [2.45, 2.75) is 32.6 Å². The lowest BCUT2D eigenvalue weighted by Crippen LogP contribution is -2.46. The van der Waals surface area contributed by atoms with E-state index in [1.165, 1.54) is 0 Å². The molecule has 28 heavy (non-hydrogen) atoms. The standard InChI is InChI=1S/C19H27N5O4/c1-2-3-4-5-16(12-24(28)14-25)19(27)22-21-18(26)15-6-8-17(9-7-15)23-11-10-20-13-23/h6-11,14,16,20,28H,2-5,12-13H2,1H3,(H,21,26)(H,22,27)/t16-/m1/s1. The van der Waals surface area contributed by atoms with Gasteiger partial charge in [-0.1, -0.05) is 26.2 Å². The molecule has 0 saturated heterocycles. The number of nitrogens with one attached hydrogen (secondary N) is 3. The van der Waals surface area contributed by atoms with Crippen LogP contribution in [0.4, 0.5) is 5.69 Å². The van der Waals surface area contributed by atoms with Gasteiger partial charge in [-0.25, -0.2) is 5.06 Å². The van der Waals surface area contributed by atoms with E-state index in [-0.39, 0.29) is 13.0 Å². The van der Waals surface area contributed by atoms with Gasteiger partial charge in [0.05, 0.1) is 19.1 Å². The molecule has 1 aliphatic heterocycles. The van der Waals surface area contributed by atoms with E-state index in [4.69, 9.17) is 0 Å². The van der Waals surface area contributed by atoms with Crippen LogP contribution in [-0.2, 0) is 9.59 Å². The normalized spacial score (nSPS) is 13.6. The highest BCUT2D eigenvalue weighted by Gasteiger charge is 2.21. The van der Waals surface area contributed by atoms with E-state index in [0.29, 0.717) is 23.7 Å². The Morgan fingerprint density at radius 2 is 2.04 bits per heavy atom. The smallest absolute Gasteiger partial charge is 0.269 e. The Hall–Kier alpha value is -3.07. The molecule has 0 unspecified atom stereocenters. The Morgan fingerprint density at radius 1 is 1.29 bits per heavy atom. The number of benzene rings is 1. The molecule has 1 aliphatic rings. The number of rotatable bonds is 10. The van der Waals surface area contributed by atoms with Gasteiger partial charge < -0.3 is 10.2 Å². The van der Waals surface area contributed by atoms with Crippen molar-refractivity contribution in [1.29, 1.82) is 0 Å². The van der Waals surface area contributed by atoms with Crippen molar-refractivity contribution in [3.05, 3.63) is 42.2 Å². The van der Waals surface area contributed by atoms with E-state index >= 15 is 0 Å². The average molecular weight is 389 g/mol. The molecule has 0 spiro atoms. The average Bonchev–Trinajstić information content (AvgIpc) is 3.26. The number of hydrogen-bond acceptors (Lipinski definition) is 6. The van der Waals surface area contributed by atoms with Crippen LogP contribution in [0.1, 0.15) is 43.0 Å². The van der Waals surface area contributed by atoms with Gasteiger partial charge in [-0.3, -0.25) is 30.4 Å². The van der Waals surface area contributed by atoms with Gasteiger partial charge in [-0.15, -0.1) is 0 Å². The van der Waals surface area contributed by atoms with E-state index in [1.54, 1.807) is 12.1 Å². The van der Waals surface area contributed by atoms with Crippen LogP contribution < -0.4 is 21.1 Å². The fourth-order valence-corrected chi connectivity index (χ4v) is 2.84. The van der Waals surface area contributed by atoms with E-state index in [0.717, 1.165) is 24.9 Å². The van der Waals surface area contributed by atoms with Crippen molar-refractivity contribution in [2.24, 2.45) is 5.92 Å². The van der Waals surface area contributed by atoms with Crippen molar-refractivity contribution in [1.82, 2.24) is 21.2 Å². The predicted molar refractivity (Wildman–Crippen MR) is 104 cm³/mol. The first-order valence-corrected chi connectivity index (χ1v) is 9.33. The van der Waals surface area contributed by atoms with Gasteiger partial charge in [0, 0.05) is 23.7 Å². The summed E-state index contributed by atoms with van der Waals surface area (Å²) in [5.74, 6) is -1.51. The second-order valence-electron chi connectivity index (χ2n) is 6.56. The monoisotopic (exact) mass is 389 g/mol. The zero-order valence-corrected chi connectivity index (χ0v) is 15.9. The van der Waals surface area contributed by atoms with Crippen molar-refractivity contribution in [2.75, 3.05) is 18.1 Å². The second kappa shape index (κ2) is 10.9. The summed E-state index contributed by atoms with van der Waals surface area (Å²) < 4.78 is 0. The van der Waals surface area contributed by atoms with E-state index in [9.17, 15) is 19.6 Å². The summed E-state index contributed by atoms with van der Waals surface area (Å²) in [6.45, 7) is 2.59. The highest BCUT2D eigenvalue weighted by molar-refractivity contribution is 5.95. The molecular weight excluding hydrogens is 362 g/mol. The number of carbonyl (C=O) groups excluding carboxylic acids is 3. The molecule has 152 valence electrons. The molecule has 4 N–H and O–H groups in total. The lowest BCUT2D eigenvalue weighted by Gasteiger charge is -2.20. The van der Waals surface area contributed by atoms with Gasteiger partial charge in [0.1, 0.15) is 0 Å². The summed E-state index contributed by atoms with van der Waals surface area (Å²) in [7, 11) is 0. The fourth-order valence-electron chi connectivity index (χ4n) is 2.84. The van der Waals surface area contributed by atoms with Gasteiger partial charge in [-0.2, -0.15) is 0 Å². The molecule has 0 fully saturated rings. The number of amides is 3. The van der Waals surface area contributed by atoms with E-state index < -0.39 is 17.7 Å². The van der Waals surface area contributed by atoms with Crippen LogP contribution in [0.3, 0.4) is 0 Å². The van der Waals surface area contributed by atoms with Gasteiger partial charge >= 0.3 is 0 Å². The molecule has 2 rings (SSSR count). The molecule has 1 aromatic rings. The molecule has 9 nitrogen and oxygen atoms in total. The summed E-state index contributed by atoms with van der Waals surface area (Å²) in [4.78, 5) is 37.2. The maximum absolute atomic E-state index is 12.4. The third kappa shape index (κ3) is 6.27. The Balaban J connectivity index is 1.88. The quantitative estimate of drug-likeness (QED) is 0.208. The predicted octanol–water partition coefficient (Wildman–Crippen LogP) is 1.33. The van der Waals surface area contributed by atoms with Gasteiger partial charge in [0.15, 0.2) is 0 Å². The summed E-state index contributed by atoms with van der Waals surface area (Å²) >= 11 is 0. The van der Waals surface area contributed by atoms with Gasteiger partial charge in [0.25, 0.3) is 5.91 Å². The van der Waals surface area contributed by atoms with Gasteiger partial charge in [0.2, 0.25) is 12.3 Å². The number of nitrogens with zero attached hydrogens (tertiary/aromatic N) is 2. The topological polar surface area (TPSA) is 114 Å². The molecule has 1 atom stereocenters. The third-order valence-corrected chi connectivity index (χ3v) is 4.45. The molecule has 0 saturated carbocycles. The van der Waals surface area contributed by atoms with Crippen LogP contribution in [0, 0.1) is 5.92 Å². The largest absolute Gasteiger partial charge is 0.372 e. The highest BCUT2D eigenvalue weighted by Crippen LogP contribution is 2.16. The Labute approximate surface area is 164 Å². The van der Waals surface area contributed by atoms with Crippen molar-refractivity contribution in [3.8, 4) is 0 Å². The number of carbonyl (C=O) groups is 3. The Bertz CT molecular complexity index is 692. The number of anilines is 1. The van der Waals surface area contributed by atoms with Crippen LogP contribution >= 0.6 is 0 Å². The lowest BCUT2D eigenvalue weighted by atomic mass is 10.0. The number of hydroxylamine groups is 2. The third-order valence-electron chi connectivity index (χ3n) is 4.45. The lowest BCUT2D eigenvalue weighted by molar-refractivity contribution is -0.154. The first-order chi connectivity index (χ1) is 13.5. The van der Waals surface area contributed by atoms with Gasteiger partial charge in [-0.05, 0) is 30.7 Å². The molecule has 1 aromatic carbocycles. The van der Waals surface area contributed by atoms with Crippen molar-refractivity contribution >= 4 is 23.9 Å². The zero-order valence-electron chi connectivity index (χ0n) is 15.9. The van der Waals surface area contributed by atoms with E-state index in [1.807, 2.05) is 36.4 Å². The highest BCUT2D eigenvalue weighted by atomic mass is 16.5. The van der Waals surface area contributed by atoms with Crippen LogP contribution in [-0.4, -0.2) is 41.7 Å². The van der Waals surface area contributed by atoms with Crippen LogP contribution in [0.15, 0.2) is 36.7 Å². The minimum atomic E-state index is -0.612. The maximum Gasteiger partial charge on any atom is 0.269 e. The minimum absolute atomic E-state index is 0.124. The first kappa shape index (κ1) is 21.2. The van der Waals surface area contributed by atoms with Crippen molar-refractivity contribution < 1.29 is 19.6 Å². The zero-order chi connectivity index (χ0) is 20.4. The van der Waals surface area contributed by atoms with E-state index in [2.05, 4.69) is 16.2 Å².